The number of aliphatic hydroxyl groups is 2. The number of hydrogen-bond donors (Lipinski definition) is 2. The number of aliphatic imine (C=N–C) groups is 1. The number of esters is 2. The molecule has 3 rings (SSSR count). The molecule has 17 heteroatoms. The SMILES string of the molecule is CN(C)C=Nc1ncnn2c([C@@H]3O[C@H](COP(=O)(OCOC(=O)C(C)(C)C)OCOC(=O)C(C)(C)C)[C@@H](O)[C@@]3(C)O)ccc12. The van der Waals surface area contributed by atoms with Crippen LogP contribution in [0.5, 0.6) is 0 Å². The summed E-state index contributed by atoms with van der Waals surface area (Å²) < 4.78 is 46.7. The van der Waals surface area contributed by atoms with Crippen LogP contribution < -0.4 is 0 Å². The molecule has 0 spiro atoms. The Morgan fingerprint density at radius 3 is 2.18 bits per heavy atom. The number of hydrogen-bond acceptors (Lipinski definition) is 14. The van der Waals surface area contributed by atoms with E-state index in [0.29, 0.717) is 17.0 Å². The Morgan fingerprint density at radius 2 is 1.66 bits per heavy atom. The Bertz CT molecular complexity index is 1360. The van der Waals surface area contributed by atoms with E-state index in [4.69, 9.17) is 27.8 Å². The molecule has 1 saturated heterocycles. The minimum Gasteiger partial charge on any atom is -0.437 e. The third-order valence-corrected chi connectivity index (χ3v) is 7.67. The number of nitrogens with zero attached hydrogens (tertiary/aromatic N) is 5. The molecule has 0 aromatic carbocycles. The molecule has 2 N–H and O–H groups in total. The van der Waals surface area contributed by atoms with Gasteiger partial charge in [-0.1, -0.05) is 0 Å². The molecule has 3 heterocycles. The summed E-state index contributed by atoms with van der Waals surface area (Å²) in [4.78, 5) is 34.5. The summed E-state index contributed by atoms with van der Waals surface area (Å²) in [5, 5.41) is 26.5. The van der Waals surface area contributed by atoms with Gasteiger partial charge < -0.3 is 29.3 Å². The van der Waals surface area contributed by atoms with Gasteiger partial charge in [0.05, 0.1) is 29.5 Å². The van der Waals surface area contributed by atoms with Crippen molar-refractivity contribution in [1.82, 2.24) is 19.5 Å². The summed E-state index contributed by atoms with van der Waals surface area (Å²) in [5.74, 6) is -0.918. The summed E-state index contributed by atoms with van der Waals surface area (Å²) >= 11 is 0. The molecule has 0 bridgehead atoms. The van der Waals surface area contributed by atoms with Crippen LogP contribution in [0.25, 0.3) is 5.52 Å². The third kappa shape index (κ3) is 8.59. The van der Waals surface area contributed by atoms with Gasteiger partial charge in [-0.05, 0) is 60.6 Å². The van der Waals surface area contributed by atoms with E-state index in [1.807, 2.05) is 14.1 Å². The van der Waals surface area contributed by atoms with Crippen LogP contribution in [-0.2, 0) is 41.9 Å². The van der Waals surface area contributed by atoms with E-state index >= 15 is 0 Å². The van der Waals surface area contributed by atoms with E-state index in [0.717, 1.165) is 0 Å². The number of phosphoric acid groups is 1. The van der Waals surface area contributed by atoms with Crippen LogP contribution in [-0.4, -0.2) is 100 Å². The maximum atomic E-state index is 13.4. The molecule has 0 amide bonds. The van der Waals surface area contributed by atoms with E-state index in [-0.39, 0.29) is 0 Å². The number of carbonyl (C=O) groups is 2. The average Bonchev–Trinajstić information content (AvgIpc) is 3.43. The number of aromatic nitrogens is 3. The van der Waals surface area contributed by atoms with Gasteiger partial charge in [0.1, 0.15) is 35.8 Å². The van der Waals surface area contributed by atoms with Crippen LogP contribution >= 0.6 is 7.82 Å². The molecular weight excluding hydrogens is 601 g/mol. The molecule has 1 fully saturated rings. The molecule has 4 atom stereocenters. The lowest BCUT2D eigenvalue weighted by Crippen LogP contribution is -2.43. The molecule has 246 valence electrons. The summed E-state index contributed by atoms with van der Waals surface area (Å²) in [6.07, 6.45) is -1.01. The molecule has 16 nitrogen and oxygen atoms in total. The number of ether oxygens (including phenoxy) is 3. The molecule has 0 saturated carbocycles. The highest BCUT2D eigenvalue weighted by atomic mass is 31.2. The second-order valence-electron chi connectivity index (χ2n) is 12.7. The first-order valence-corrected chi connectivity index (χ1v) is 15.2. The van der Waals surface area contributed by atoms with Crippen LogP contribution in [0.4, 0.5) is 5.82 Å². The zero-order valence-corrected chi connectivity index (χ0v) is 27.3. The minimum absolute atomic E-state index is 0.368. The summed E-state index contributed by atoms with van der Waals surface area (Å²) in [6, 6.07) is 3.35. The highest BCUT2D eigenvalue weighted by Gasteiger charge is 2.54. The number of rotatable bonds is 12. The van der Waals surface area contributed by atoms with Gasteiger partial charge in [0.25, 0.3) is 0 Å². The van der Waals surface area contributed by atoms with Crippen molar-refractivity contribution in [1.29, 1.82) is 0 Å². The maximum absolute atomic E-state index is 13.4. The Kier molecular flexibility index (Phi) is 10.9. The number of aliphatic hydroxyl groups excluding tert-OH is 1. The van der Waals surface area contributed by atoms with Crippen molar-refractivity contribution in [3.8, 4) is 0 Å². The van der Waals surface area contributed by atoms with Crippen molar-refractivity contribution >= 4 is 37.4 Å². The van der Waals surface area contributed by atoms with Crippen LogP contribution in [0.1, 0.15) is 60.3 Å². The van der Waals surface area contributed by atoms with Crippen molar-refractivity contribution in [2.45, 2.75) is 72.4 Å². The van der Waals surface area contributed by atoms with Crippen molar-refractivity contribution in [3.05, 3.63) is 24.2 Å². The smallest absolute Gasteiger partial charge is 0.437 e. The average molecular weight is 644 g/mol. The Morgan fingerprint density at radius 1 is 1.09 bits per heavy atom. The molecule has 2 aromatic heterocycles. The standard InChI is InChI=1S/C27H42N5O11P/c1-25(2,3)23(34)38-15-41-44(37,42-16-39-24(35)26(4,5)6)40-12-19-20(33)27(7,36)21(43-19)17-10-11-18-22(29-14-31(8)9)28-13-30-32(17)18/h10-11,13-14,19-21,33,36H,12,15-16H2,1-9H3/t19-,20-,21+,27-/m1/s1. The summed E-state index contributed by atoms with van der Waals surface area (Å²) in [5.41, 5.74) is -2.68. The van der Waals surface area contributed by atoms with Gasteiger partial charge in [0, 0.05) is 14.1 Å². The number of carbonyl (C=O) groups excluding carboxylic acids is 2. The summed E-state index contributed by atoms with van der Waals surface area (Å²) in [7, 11) is -0.951. The zero-order chi connectivity index (χ0) is 33.1. The van der Waals surface area contributed by atoms with E-state index < -0.39 is 74.7 Å². The maximum Gasteiger partial charge on any atom is 0.480 e. The van der Waals surface area contributed by atoms with Gasteiger partial charge in [-0.2, -0.15) is 5.10 Å². The van der Waals surface area contributed by atoms with Gasteiger partial charge in [-0.15, -0.1) is 0 Å². The van der Waals surface area contributed by atoms with Crippen molar-refractivity contribution in [3.63, 3.8) is 0 Å². The minimum atomic E-state index is -4.57. The Hall–Kier alpha value is -2.98. The molecule has 2 aromatic rings. The fourth-order valence-corrected chi connectivity index (χ4v) is 4.74. The van der Waals surface area contributed by atoms with Gasteiger partial charge in [0.15, 0.2) is 5.82 Å². The molecule has 0 radical (unpaired) electrons. The molecule has 0 unspecified atom stereocenters. The Labute approximate surface area is 255 Å². The molecule has 1 aliphatic heterocycles. The molecule has 1 aliphatic rings. The second kappa shape index (κ2) is 13.6. The van der Waals surface area contributed by atoms with E-state index in [2.05, 4.69) is 15.1 Å². The van der Waals surface area contributed by atoms with Gasteiger partial charge in [-0.25, -0.2) is 28.1 Å². The predicted molar refractivity (Wildman–Crippen MR) is 156 cm³/mol. The first-order chi connectivity index (χ1) is 20.3. The highest BCUT2D eigenvalue weighted by molar-refractivity contribution is 7.48. The first kappa shape index (κ1) is 35.5. The monoisotopic (exact) mass is 643 g/mol. The van der Waals surface area contributed by atoms with Crippen molar-refractivity contribution < 1.29 is 52.1 Å². The summed E-state index contributed by atoms with van der Waals surface area (Å²) in [6.45, 7) is 8.88. The lowest BCUT2D eigenvalue weighted by atomic mass is 9.91. The number of phosphoric ester groups is 1. The van der Waals surface area contributed by atoms with Crippen LogP contribution in [0.3, 0.4) is 0 Å². The quantitative estimate of drug-likeness (QED) is 0.113. The number of fused-ring (bicyclic) bond motifs is 1. The third-order valence-electron chi connectivity index (χ3n) is 6.36. The van der Waals surface area contributed by atoms with Crippen molar-refractivity contribution in [2.75, 3.05) is 34.3 Å². The van der Waals surface area contributed by atoms with Crippen LogP contribution in [0.2, 0.25) is 0 Å². The first-order valence-electron chi connectivity index (χ1n) is 13.7. The van der Waals surface area contributed by atoms with Crippen LogP contribution in [0, 0.1) is 10.8 Å². The highest BCUT2D eigenvalue weighted by Crippen LogP contribution is 2.51. The topological polar surface area (TPSA) is 193 Å². The van der Waals surface area contributed by atoms with Crippen LogP contribution in [0.15, 0.2) is 23.5 Å². The fraction of sp³-hybridized carbons (Fsp3) is 0.667. The fourth-order valence-electron chi connectivity index (χ4n) is 3.83. The lowest BCUT2D eigenvalue weighted by Gasteiger charge is -2.26. The predicted octanol–water partition coefficient (Wildman–Crippen LogP) is 2.75. The largest absolute Gasteiger partial charge is 0.480 e. The van der Waals surface area contributed by atoms with E-state index in [1.165, 1.54) is 17.8 Å². The van der Waals surface area contributed by atoms with Gasteiger partial charge >= 0.3 is 19.8 Å². The second-order valence-corrected chi connectivity index (χ2v) is 14.3. The Balaban J connectivity index is 1.77. The van der Waals surface area contributed by atoms with E-state index in [9.17, 15) is 24.4 Å². The normalized spacial score (nSPS) is 22.9. The van der Waals surface area contributed by atoms with Gasteiger partial charge in [0.2, 0.25) is 13.6 Å². The lowest BCUT2D eigenvalue weighted by molar-refractivity contribution is -0.163. The van der Waals surface area contributed by atoms with E-state index in [1.54, 1.807) is 64.9 Å². The van der Waals surface area contributed by atoms with Crippen molar-refractivity contribution in [2.24, 2.45) is 15.8 Å². The molecule has 44 heavy (non-hydrogen) atoms. The van der Waals surface area contributed by atoms with Gasteiger partial charge in [-0.3, -0.25) is 14.1 Å². The molecule has 0 aliphatic carbocycles. The zero-order valence-electron chi connectivity index (χ0n) is 26.4. The molecular formula is C27H42N5O11P.